The lowest BCUT2D eigenvalue weighted by Crippen LogP contribution is -2.21. The summed E-state index contributed by atoms with van der Waals surface area (Å²) in [5.41, 5.74) is 4.21. The zero-order valence-electron chi connectivity index (χ0n) is 18.0. The molecule has 0 aliphatic rings. The fourth-order valence-electron chi connectivity index (χ4n) is 2.89. The maximum absolute atomic E-state index is 12.5. The number of carbonyl (C=O) groups is 2. The molecule has 166 valence electrons. The van der Waals surface area contributed by atoms with E-state index in [1.54, 1.807) is 30.3 Å². The number of rotatable bonds is 7. The lowest BCUT2D eigenvalue weighted by molar-refractivity contribution is -0.119. The van der Waals surface area contributed by atoms with E-state index in [1.165, 1.54) is 24.3 Å². The number of hydrogen-bond acceptors (Lipinski definition) is 5. The lowest BCUT2D eigenvalue weighted by Gasteiger charge is -2.11. The molecular weight excluding hydrogens is 428 g/mol. The predicted octanol–water partition coefficient (Wildman–Crippen LogP) is 4.21. The molecule has 0 bridgehead atoms. The Morgan fingerprint density at radius 1 is 0.875 bits per heavy atom. The summed E-state index contributed by atoms with van der Waals surface area (Å²) < 4.78 is 32.6. The number of hydrogen-bond donors (Lipinski definition) is 2. The molecule has 0 unspecified atom stereocenters. The summed E-state index contributed by atoms with van der Waals surface area (Å²) in [6, 6.07) is 17.8. The average molecular weight is 453 g/mol. The van der Waals surface area contributed by atoms with Crippen LogP contribution in [0.4, 0.5) is 11.4 Å². The molecule has 1 amide bonds. The molecule has 3 rings (SSSR count). The largest absolute Gasteiger partial charge is 0.452 e. The highest BCUT2D eigenvalue weighted by atomic mass is 32.2. The normalized spacial score (nSPS) is 11.0. The Kier molecular flexibility index (Phi) is 6.95. The maximum Gasteiger partial charge on any atom is 0.338 e. The van der Waals surface area contributed by atoms with Crippen molar-refractivity contribution in [2.24, 2.45) is 0 Å². The molecule has 32 heavy (non-hydrogen) atoms. The van der Waals surface area contributed by atoms with Crippen molar-refractivity contribution in [2.45, 2.75) is 25.7 Å². The summed E-state index contributed by atoms with van der Waals surface area (Å²) in [6.45, 7) is 5.27. The highest BCUT2D eigenvalue weighted by molar-refractivity contribution is 7.92. The zero-order valence-corrected chi connectivity index (χ0v) is 18.8. The Morgan fingerprint density at radius 2 is 1.53 bits per heavy atom. The van der Waals surface area contributed by atoms with E-state index >= 15 is 0 Å². The number of esters is 1. The number of nitrogens with one attached hydrogen (secondary N) is 2. The first kappa shape index (κ1) is 23.0. The van der Waals surface area contributed by atoms with Gasteiger partial charge in [0.2, 0.25) is 0 Å². The van der Waals surface area contributed by atoms with Gasteiger partial charge < -0.3 is 10.1 Å². The summed E-state index contributed by atoms with van der Waals surface area (Å²) in [5.74, 6) is -1.19. The summed E-state index contributed by atoms with van der Waals surface area (Å²) in [5, 5.41) is 2.71. The predicted molar refractivity (Wildman–Crippen MR) is 123 cm³/mol. The van der Waals surface area contributed by atoms with Gasteiger partial charge in [0.25, 0.3) is 15.9 Å². The van der Waals surface area contributed by atoms with Crippen molar-refractivity contribution in [3.63, 3.8) is 0 Å². The molecule has 0 atom stereocenters. The van der Waals surface area contributed by atoms with E-state index in [9.17, 15) is 18.0 Å². The van der Waals surface area contributed by atoms with Crippen molar-refractivity contribution in [3.05, 3.63) is 89.0 Å². The molecular formula is C24H24N2O5S. The number of aryl methyl sites for hydroxylation is 2. The molecule has 7 nitrogen and oxygen atoms in total. The zero-order chi connectivity index (χ0) is 23.3. The molecule has 0 radical (unpaired) electrons. The van der Waals surface area contributed by atoms with E-state index in [0.717, 1.165) is 16.7 Å². The molecule has 2 N–H and O–H groups in total. The van der Waals surface area contributed by atoms with Crippen LogP contribution in [0.25, 0.3) is 0 Å². The molecule has 0 aliphatic heterocycles. The molecule has 3 aromatic carbocycles. The summed E-state index contributed by atoms with van der Waals surface area (Å²) in [7, 11) is -3.80. The number of sulfonamides is 1. The van der Waals surface area contributed by atoms with Crippen LogP contribution in [0.3, 0.4) is 0 Å². The van der Waals surface area contributed by atoms with E-state index < -0.39 is 28.5 Å². The van der Waals surface area contributed by atoms with Crippen LogP contribution < -0.4 is 10.0 Å². The monoisotopic (exact) mass is 452 g/mol. The van der Waals surface area contributed by atoms with Crippen LogP contribution in [0, 0.1) is 20.8 Å². The van der Waals surface area contributed by atoms with Gasteiger partial charge >= 0.3 is 5.97 Å². The number of benzene rings is 3. The van der Waals surface area contributed by atoms with Crippen LogP contribution in [-0.2, 0) is 19.6 Å². The highest BCUT2D eigenvalue weighted by Gasteiger charge is 2.16. The quantitative estimate of drug-likeness (QED) is 0.523. The van der Waals surface area contributed by atoms with Crippen LogP contribution in [0.5, 0.6) is 0 Å². The second kappa shape index (κ2) is 9.65. The van der Waals surface area contributed by atoms with Gasteiger partial charge in [0.05, 0.1) is 10.5 Å². The van der Waals surface area contributed by atoms with Crippen LogP contribution in [0.1, 0.15) is 27.0 Å². The molecule has 0 spiro atoms. The van der Waals surface area contributed by atoms with Crippen LogP contribution >= 0.6 is 0 Å². The minimum atomic E-state index is -3.80. The molecule has 0 fully saturated rings. The van der Waals surface area contributed by atoms with Crippen molar-refractivity contribution >= 4 is 33.3 Å². The van der Waals surface area contributed by atoms with E-state index in [1.807, 2.05) is 32.9 Å². The fraction of sp³-hybridized carbons (Fsp3) is 0.167. The van der Waals surface area contributed by atoms with E-state index in [-0.39, 0.29) is 10.5 Å². The van der Waals surface area contributed by atoms with Gasteiger partial charge in [-0.2, -0.15) is 0 Å². The second-order valence-corrected chi connectivity index (χ2v) is 9.05. The van der Waals surface area contributed by atoms with Crippen molar-refractivity contribution in [1.29, 1.82) is 0 Å². The van der Waals surface area contributed by atoms with Crippen LogP contribution in [0.2, 0.25) is 0 Å². The van der Waals surface area contributed by atoms with Crippen LogP contribution in [0.15, 0.2) is 71.6 Å². The standard InChI is InChI=1S/C24H24N2O5S/c1-16-7-11-20(12-8-16)26-32(29,30)21-13-9-19(10-14-21)24(28)31-15-23(27)25-22-6-4-5-17(2)18(22)3/h4-14,26H,15H2,1-3H3,(H,25,27). The number of anilines is 2. The number of ether oxygens (including phenoxy) is 1. The third kappa shape index (κ3) is 5.73. The first-order chi connectivity index (χ1) is 15.2. The molecule has 0 saturated heterocycles. The Bertz CT molecular complexity index is 1230. The van der Waals surface area contributed by atoms with Gasteiger partial charge in [-0.25, -0.2) is 13.2 Å². The Labute approximate surface area is 187 Å². The van der Waals surface area contributed by atoms with Crippen molar-refractivity contribution in [1.82, 2.24) is 0 Å². The first-order valence-corrected chi connectivity index (χ1v) is 11.4. The summed E-state index contributed by atoms with van der Waals surface area (Å²) in [6.07, 6.45) is 0. The molecule has 0 aliphatic carbocycles. The van der Waals surface area contributed by atoms with E-state index in [2.05, 4.69) is 10.0 Å². The SMILES string of the molecule is Cc1ccc(NS(=O)(=O)c2ccc(C(=O)OCC(=O)Nc3cccc(C)c3C)cc2)cc1. The summed E-state index contributed by atoms with van der Waals surface area (Å²) >= 11 is 0. The highest BCUT2D eigenvalue weighted by Crippen LogP contribution is 2.19. The van der Waals surface area contributed by atoms with Gasteiger partial charge in [0.1, 0.15) is 0 Å². The molecule has 0 saturated carbocycles. The van der Waals surface area contributed by atoms with Gasteiger partial charge in [-0.15, -0.1) is 0 Å². The Hall–Kier alpha value is -3.65. The Morgan fingerprint density at radius 3 is 2.19 bits per heavy atom. The molecule has 0 aromatic heterocycles. The smallest absolute Gasteiger partial charge is 0.338 e. The van der Waals surface area contributed by atoms with Crippen molar-refractivity contribution in [3.8, 4) is 0 Å². The fourth-order valence-corrected chi connectivity index (χ4v) is 3.95. The molecule has 0 heterocycles. The van der Waals surface area contributed by atoms with Gasteiger partial charge in [-0.05, 0) is 74.4 Å². The van der Waals surface area contributed by atoms with E-state index in [0.29, 0.717) is 11.4 Å². The third-order valence-corrected chi connectivity index (χ3v) is 6.31. The first-order valence-electron chi connectivity index (χ1n) is 9.88. The van der Waals surface area contributed by atoms with Gasteiger partial charge in [0, 0.05) is 11.4 Å². The minimum absolute atomic E-state index is 0.00212. The van der Waals surface area contributed by atoms with Crippen molar-refractivity contribution in [2.75, 3.05) is 16.6 Å². The molecule has 8 heteroatoms. The topological polar surface area (TPSA) is 102 Å². The summed E-state index contributed by atoms with van der Waals surface area (Å²) in [4.78, 5) is 24.4. The van der Waals surface area contributed by atoms with Gasteiger partial charge in [-0.3, -0.25) is 9.52 Å². The number of carbonyl (C=O) groups excluding carboxylic acids is 2. The number of amides is 1. The maximum atomic E-state index is 12.5. The second-order valence-electron chi connectivity index (χ2n) is 7.37. The van der Waals surface area contributed by atoms with Crippen LogP contribution in [-0.4, -0.2) is 26.9 Å². The van der Waals surface area contributed by atoms with E-state index in [4.69, 9.17) is 4.74 Å². The van der Waals surface area contributed by atoms with Gasteiger partial charge in [-0.1, -0.05) is 29.8 Å². The third-order valence-electron chi connectivity index (χ3n) is 4.92. The lowest BCUT2D eigenvalue weighted by atomic mass is 10.1. The minimum Gasteiger partial charge on any atom is -0.452 e. The van der Waals surface area contributed by atoms with Crippen molar-refractivity contribution < 1.29 is 22.7 Å². The average Bonchev–Trinajstić information content (AvgIpc) is 2.77. The van der Waals surface area contributed by atoms with Gasteiger partial charge in [0.15, 0.2) is 6.61 Å². The molecule has 3 aromatic rings. The Balaban J connectivity index is 1.59.